The molecule has 1 fully saturated rings. The highest BCUT2D eigenvalue weighted by molar-refractivity contribution is 5.91. The van der Waals surface area contributed by atoms with Gasteiger partial charge in [0.05, 0.1) is 30.3 Å². The van der Waals surface area contributed by atoms with Gasteiger partial charge in [-0.3, -0.25) is 4.79 Å². The number of nitrogens with zero attached hydrogens (tertiary/aromatic N) is 1. The lowest BCUT2D eigenvalue weighted by atomic mass is 10.0. The summed E-state index contributed by atoms with van der Waals surface area (Å²) >= 11 is 0. The van der Waals surface area contributed by atoms with Gasteiger partial charge in [-0.1, -0.05) is 18.2 Å². The van der Waals surface area contributed by atoms with E-state index in [1.54, 1.807) is 30.2 Å². The number of methoxy groups -OCH3 is 1. The number of rotatable bonds is 5. The highest BCUT2D eigenvalue weighted by atomic mass is 16.5. The highest BCUT2D eigenvalue weighted by Crippen LogP contribution is 2.22. The molecule has 1 aromatic rings. The largest absolute Gasteiger partial charge is 0.478 e. The number of hydrogen-bond acceptors (Lipinski definition) is 4. The van der Waals surface area contributed by atoms with Gasteiger partial charge in [-0.15, -0.1) is 0 Å². The van der Waals surface area contributed by atoms with E-state index in [9.17, 15) is 14.7 Å². The summed E-state index contributed by atoms with van der Waals surface area (Å²) in [5, 5.41) is 9.22. The van der Waals surface area contributed by atoms with Crippen LogP contribution in [0.5, 0.6) is 0 Å². The first-order valence-electron chi connectivity index (χ1n) is 7.58. The number of carbonyl (C=O) groups is 2. The number of ether oxygens (including phenoxy) is 2. The number of carboxylic acid groups (broad SMARTS) is 1. The molecule has 126 valence electrons. The lowest BCUT2D eigenvalue weighted by molar-refractivity contribution is -0.168. The van der Waals surface area contributed by atoms with Crippen LogP contribution >= 0.6 is 0 Å². The van der Waals surface area contributed by atoms with Crippen LogP contribution in [0.15, 0.2) is 24.3 Å². The fourth-order valence-electron chi connectivity index (χ4n) is 2.92. The van der Waals surface area contributed by atoms with E-state index in [0.717, 1.165) is 0 Å². The normalized spacial score (nSPS) is 20.3. The summed E-state index contributed by atoms with van der Waals surface area (Å²) in [6.45, 7) is 5.20. The summed E-state index contributed by atoms with van der Waals surface area (Å²) in [5.41, 5.74) is 0.239. The van der Waals surface area contributed by atoms with E-state index in [0.29, 0.717) is 25.3 Å². The Bertz CT molecular complexity index is 584. The Balaban J connectivity index is 2.12. The van der Waals surface area contributed by atoms with Gasteiger partial charge < -0.3 is 19.5 Å². The Morgan fingerprint density at radius 3 is 2.74 bits per heavy atom. The van der Waals surface area contributed by atoms with Crippen molar-refractivity contribution >= 4 is 11.9 Å². The van der Waals surface area contributed by atoms with Crippen molar-refractivity contribution in [2.75, 3.05) is 26.8 Å². The van der Waals surface area contributed by atoms with Crippen molar-refractivity contribution in [2.24, 2.45) is 0 Å². The summed E-state index contributed by atoms with van der Waals surface area (Å²) in [4.78, 5) is 25.6. The summed E-state index contributed by atoms with van der Waals surface area (Å²) in [6, 6.07) is 6.59. The van der Waals surface area contributed by atoms with Gasteiger partial charge in [-0.2, -0.15) is 0 Å². The molecule has 1 unspecified atom stereocenters. The van der Waals surface area contributed by atoms with E-state index >= 15 is 0 Å². The van der Waals surface area contributed by atoms with Crippen LogP contribution < -0.4 is 0 Å². The van der Waals surface area contributed by atoms with Gasteiger partial charge in [0.25, 0.3) is 0 Å². The molecule has 0 bridgehead atoms. The lowest BCUT2D eigenvalue weighted by Crippen LogP contribution is -2.56. The first-order chi connectivity index (χ1) is 10.8. The highest BCUT2D eigenvalue weighted by Gasteiger charge is 2.35. The smallest absolute Gasteiger partial charge is 0.335 e. The second-order valence-electron chi connectivity index (χ2n) is 6.37. The monoisotopic (exact) mass is 321 g/mol. The molecular weight excluding hydrogens is 298 g/mol. The van der Waals surface area contributed by atoms with Crippen LogP contribution in [0.4, 0.5) is 0 Å². The van der Waals surface area contributed by atoms with Crippen LogP contribution in [-0.2, 0) is 20.7 Å². The van der Waals surface area contributed by atoms with E-state index in [1.807, 2.05) is 13.8 Å². The predicted molar refractivity (Wildman–Crippen MR) is 84.5 cm³/mol. The number of benzene rings is 1. The summed E-state index contributed by atoms with van der Waals surface area (Å²) < 4.78 is 11.0. The molecule has 1 atom stereocenters. The number of carboxylic acids is 1. The average Bonchev–Trinajstić information content (AvgIpc) is 2.46. The quantitative estimate of drug-likeness (QED) is 0.891. The molecule has 1 heterocycles. The molecular formula is C17H23NO5. The maximum atomic E-state index is 12.6. The molecule has 1 aliphatic rings. The van der Waals surface area contributed by atoms with Crippen molar-refractivity contribution in [3.8, 4) is 0 Å². The van der Waals surface area contributed by atoms with Crippen molar-refractivity contribution in [1.82, 2.24) is 4.90 Å². The number of carbonyl (C=O) groups excluding carboxylic acids is 1. The molecule has 0 saturated carbocycles. The van der Waals surface area contributed by atoms with Crippen LogP contribution in [0.1, 0.15) is 29.8 Å². The van der Waals surface area contributed by atoms with Crippen LogP contribution in [0.25, 0.3) is 0 Å². The van der Waals surface area contributed by atoms with Gasteiger partial charge in [0.1, 0.15) is 0 Å². The molecule has 23 heavy (non-hydrogen) atoms. The number of amides is 1. The molecule has 6 nitrogen and oxygen atoms in total. The van der Waals surface area contributed by atoms with Gasteiger partial charge in [0, 0.05) is 20.2 Å². The van der Waals surface area contributed by atoms with Gasteiger partial charge in [0.15, 0.2) is 0 Å². The molecule has 0 radical (unpaired) electrons. The Morgan fingerprint density at radius 1 is 1.39 bits per heavy atom. The molecule has 1 aliphatic heterocycles. The fourth-order valence-corrected chi connectivity index (χ4v) is 2.92. The molecule has 0 spiro atoms. The van der Waals surface area contributed by atoms with Crippen molar-refractivity contribution in [3.63, 3.8) is 0 Å². The minimum absolute atomic E-state index is 0.0677. The van der Waals surface area contributed by atoms with Gasteiger partial charge in [-0.05, 0) is 25.5 Å². The zero-order valence-electron chi connectivity index (χ0n) is 13.7. The second kappa shape index (κ2) is 7.10. The second-order valence-corrected chi connectivity index (χ2v) is 6.37. The first kappa shape index (κ1) is 17.4. The minimum atomic E-state index is -1.02. The predicted octanol–water partition coefficient (Wildman–Crippen LogP) is 1.58. The molecule has 0 aromatic heterocycles. The fraction of sp³-hybridized carbons (Fsp3) is 0.529. The zero-order valence-corrected chi connectivity index (χ0v) is 13.7. The average molecular weight is 321 g/mol. The number of morpholine rings is 1. The Labute approximate surface area is 136 Å². The molecule has 1 saturated heterocycles. The number of aromatic carboxylic acids is 1. The third-order valence-corrected chi connectivity index (χ3v) is 3.78. The van der Waals surface area contributed by atoms with Crippen molar-refractivity contribution < 1.29 is 24.2 Å². The Hall–Kier alpha value is -1.92. The lowest BCUT2D eigenvalue weighted by Gasteiger charge is -2.42. The molecule has 1 aromatic carbocycles. The third kappa shape index (κ3) is 4.53. The zero-order chi connectivity index (χ0) is 17.0. The maximum absolute atomic E-state index is 12.6. The van der Waals surface area contributed by atoms with E-state index in [4.69, 9.17) is 9.47 Å². The maximum Gasteiger partial charge on any atom is 0.335 e. The first-order valence-corrected chi connectivity index (χ1v) is 7.58. The summed E-state index contributed by atoms with van der Waals surface area (Å²) in [7, 11) is 1.60. The third-order valence-electron chi connectivity index (χ3n) is 3.78. The van der Waals surface area contributed by atoms with Crippen LogP contribution in [-0.4, -0.2) is 60.4 Å². The standard InChI is InChI=1S/C17H23NO5/c1-17(2)11-18(9-13(23-17)10-22-3)15(19)8-12-6-4-5-7-14(12)16(20)21/h4-7,13H,8-11H2,1-3H3,(H,20,21). The van der Waals surface area contributed by atoms with Gasteiger partial charge >= 0.3 is 5.97 Å². The molecule has 1 N–H and O–H groups in total. The Kier molecular flexibility index (Phi) is 5.38. The molecule has 0 aliphatic carbocycles. The molecule has 2 rings (SSSR count). The Morgan fingerprint density at radius 2 is 2.09 bits per heavy atom. The molecule has 1 amide bonds. The van der Waals surface area contributed by atoms with E-state index in [1.165, 1.54) is 6.07 Å². The van der Waals surface area contributed by atoms with Crippen molar-refractivity contribution in [3.05, 3.63) is 35.4 Å². The van der Waals surface area contributed by atoms with Crippen LogP contribution in [0.2, 0.25) is 0 Å². The van der Waals surface area contributed by atoms with E-state index in [-0.39, 0.29) is 24.0 Å². The van der Waals surface area contributed by atoms with Crippen LogP contribution in [0, 0.1) is 0 Å². The topological polar surface area (TPSA) is 76.1 Å². The minimum Gasteiger partial charge on any atom is -0.478 e. The van der Waals surface area contributed by atoms with E-state index < -0.39 is 11.6 Å². The summed E-state index contributed by atoms with van der Waals surface area (Å²) in [6.07, 6.45) is -0.111. The van der Waals surface area contributed by atoms with E-state index in [2.05, 4.69) is 0 Å². The van der Waals surface area contributed by atoms with Crippen molar-refractivity contribution in [2.45, 2.75) is 32.0 Å². The molecule has 6 heteroatoms. The number of hydrogen-bond donors (Lipinski definition) is 1. The van der Waals surface area contributed by atoms with Crippen LogP contribution in [0.3, 0.4) is 0 Å². The SMILES string of the molecule is COCC1CN(C(=O)Cc2ccccc2C(=O)O)CC(C)(C)O1. The summed E-state index contributed by atoms with van der Waals surface area (Å²) in [5.74, 6) is -1.12. The van der Waals surface area contributed by atoms with Gasteiger partial charge in [-0.25, -0.2) is 4.79 Å². The van der Waals surface area contributed by atoms with Crippen molar-refractivity contribution in [1.29, 1.82) is 0 Å². The van der Waals surface area contributed by atoms with Gasteiger partial charge in [0.2, 0.25) is 5.91 Å².